The van der Waals surface area contributed by atoms with Gasteiger partial charge < -0.3 is 56.1 Å². The van der Waals surface area contributed by atoms with E-state index < -0.39 is 0 Å². The van der Waals surface area contributed by atoms with Gasteiger partial charge in [0.05, 0.1) is 13.8 Å². The van der Waals surface area contributed by atoms with Gasteiger partial charge in [0.1, 0.15) is 0 Å². The fraction of sp³-hybridized carbons (Fsp3) is 0.379. The van der Waals surface area contributed by atoms with E-state index >= 15 is 0 Å². The van der Waals surface area contributed by atoms with Gasteiger partial charge >= 0.3 is 11.8 Å². The van der Waals surface area contributed by atoms with Crippen molar-refractivity contribution in [3.63, 3.8) is 0 Å². The molecule has 0 saturated heterocycles. The van der Waals surface area contributed by atoms with Crippen molar-refractivity contribution in [2.24, 2.45) is 0 Å². The van der Waals surface area contributed by atoms with Crippen molar-refractivity contribution >= 4 is 11.8 Å². The standard InChI is InChI=1S/C29H38N4O2.2ClH.2H2O/c1-22-32(20-10-16-24-12-5-3-6-13-24)26(28(30)34-22)18-9-19-27-29(31)35-23(2)33(27)21-11-17-25-14-7-4-8-15-25;;;;/h3-8,12-15H,9-11,16-21,30-31H2,1-2H3;2*1H;2*1H2/q+2;;;;/p-2. The molecule has 2 aromatic carbocycles. The Balaban J connectivity index is 0.00000361. The average molecular weight is 582 g/mol. The van der Waals surface area contributed by atoms with Gasteiger partial charge in [0, 0.05) is 25.7 Å². The average Bonchev–Trinajstić information content (AvgIpc) is 3.28. The zero-order valence-electron chi connectivity index (χ0n) is 22.8. The monoisotopic (exact) mass is 580 g/mol. The van der Waals surface area contributed by atoms with Gasteiger partial charge in [-0.25, -0.2) is 0 Å². The summed E-state index contributed by atoms with van der Waals surface area (Å²) >= 11 is 0. The predicted molar refractivity (Wildman–Crippen MR) is 145 cm³/mol. The lowest BCUT2D eigenvalue weighted by Gasteiger charge is -2.02. The minimum Gasteiger partial charge on any atom is -1.00 e. The first kappa shape index (κ1) is 36.0. The first-order valence-corrected chi connectivity index (χ1v) is 12.7. The molecule has 4 aromatic rings. The third-order valence-corrected chi connectivity index (χ3v) is 6.70. The van der Waals surface area contributed by atoms with Crippen LogP contribution in [0.1, 0.15) is 53.6 Å². The van der Waals surface area contributed by atoms with E-state index in [2.05, 4.69) is 69.8 Å². The highest BCUT2D eigenvalue weighted by atomic mass is 35.5. The van der Waals surface area contributed by atoms with Crippen LogP contribution in [-0.4, -0.2) is 11.0 Å². The van der Waals surface area contributed by atoms with E-state index in [9.17, 15) is 0 Å². The lowest BCUT2D eigenvalue weighted by atomic mass is 10.1. The molecule has 0 aliphatic carbocycles. The smallest absolute Gasteiger partial charge is 0.345 e. The Bertz CT molecular complexity index is 1140. The summed E-state index contributed by atoms with van der Waals surface area (Å²) in [7, 11) is 0. The fourth-order valence-electron chi connectivity index (χ4n) is 4.89. The van der Waals surface area contributed by atoms with Crippen molar-refractivity contribution in [1.29, 1.82) is 0 Å². The molecule has 0 bridgehead atoms. The molecule has 10 heteroatoms. The van der Waals surface area contributed by atoms with Gasteiger partial charge in [0.2, 0.25) is 11.4 Å². The number of nitrogens with zero attached hydrogens (tertiary/aromatic N) is 2. The predicted octanol–water partition coefficient (Wildman–Crippen LogP) is -2.97. The molecule has 0 radical (unpaired) electrons. The summed E-state index contributed by atoms with van der Waals surface area (Å²) < 4.78 is 16.0. The van der Waals surface area contributed by atoms with Crippen LogP contribution in [0.15, 0.2) is 69.5 Å². The summed E-state index contributed by atoms with van der Waals surface area (Å²) in [5.41, 5.74) is 17.4. The number of nitrogens with two attached hydrogens (primary N) is 2. The molecular formula is C29H42Cl2N4O4. The third-order valence-electron chi connectivity index (χ3n) is 6.70. The summed E-state index contributed by atoms with van der Waals surface area (Å²) in [6.07, 6.45) is 6.74. The molecule has 4 rings (SSSR count). The molecule has 2 aromatic heterocycles. The molecule has 0 spiro atoms. The SMILES string of the molecule is Cc1oc(N)c(CCCc2c(N)oc(C)[n+]2CCCc2ccccc2)[n+]1CCCc1ccccc1.O.O.[Cl-].[Cl-]. The quantitative estimate of drug-likeness (QED) is 0.172. The second kappa shape index (κ2) is 17.5. The molecule has 0 amide bonds. The molecule has 0 saturated carbocycles. The van der Waals surface area contributed by atoms with Crippen molar-refractivity contribution in [2.45, 2.75) is 71.9 Å². The minimum atomic E-state index is 0. The van der Waals surface area contributed by atoms with Crippen LogP contribution in [0, 0.1) is 13.8 Å². The number of hydrogen-bond acceptors (Lipinski definition) is 4. The van der Waals surface area contributed by atoms with Gasteiger partial charge in [-0.15, -0.1) is 0 Å². The van der Waals surface area contributed by atoms with Crippen molar-refractivity contribution < 1.29 is 53.7 Å². The molecular weight excluding hydrogens is 539 g/mol. The molecule has 0 aliphatic heterocycles. The number of hydrogen-bond donors (Lipinski definition) is 2. The number of nitrogen functional groups attached to an aromatic ring is 2. The zero-order valence-corrected chi connectivity index (χ0v) is 24.3. The number of rotatable bonds is 12. The zero-order chi connectivity index (χ0) is 24.6. The molecule has 0 aliphatic rings. The maximum absolute atomic E-state index is 6.25. The lowest BCUT2D eigenvalue weighted by Crippen LogP contribution is -3.00. The Morgan fingerprint density at radius 2 is 0.923 bits per heavy atom. The van der Waals surface area contributed by atoms with E-state index in [0.29, 0.717) is 11.8 Å². The van der Waals surface area contributed by atoms with Crippen molar-refractivity contribution in [2.75, 3.05) is 11.5 Å². The highest BCUT2D eigenvalue weighted by molar-refractivity contribution is 5.29. The van der Waals surface area contributed by atoms with Crippen LogP contribution in [0.2, 0.25) is 0 Å². The highest BCUT2D eigenvalue weighted by Gasteiger charge is 2.27. The molecule has 39 heavy (non-hydrogen) atoms. The van der Waals surface area contributed by atoms with Crippen LogP contribution in [0.5, 0.6) is 0 Å². The van der Waals surface area contributed by atoms with Gasteiger partial charge in [-0.2, -0.15) is 9.13 Å². The van der Waals surface area contributed by atoms with Gasteiger partial charge in [-0.05, 0) is 30.4 Å². The molecule has 2 heterocycles. The summed E-state index contributed by atoms with van der Waals surface area (Å²) in [4.78, 5) is 0. The second-order valence-corrected chi connectivity index (χ2v) is 9.20. The first-order valence-electron chi connectivity index (χ1n) is 12.7. The van der Waals surface area contributed by atoms with Crippen LogP contribution in [0.4, 0.5) is 11.8 Å². The maximum atomic E-state index is 6.25. The molecule has 0 atom stereocenters. The third kappa shape index (κ3) is 9.58. The molecule has 8 N–H and O–H groups in total. The summed E-state index contributed by atoms with van der Waals surface area (Å²) in [6, 6.07) is 21.2. The first-order chi connectivity index (χ1) is 17.0. The Morgan fingerprint density at radius 3 is 1.28 bits per heavy atom. The maximum Gasteiger partial charge on any atom is 0.345 e. The fourth-order valence-corrected chi connectivity index (χ4v) is 4.89. The van der Waals surface area contributed by atoms with E-state index in [1.807, 2.05) is 13.8 Å². The van der Waals surface area contributed by atoms with Crippen LogP contribution in [0.25, 0.3) is 0 Å². The summed E-state index contributed by atoms with van der Waals surface area (Å²) in [6.45, 7) is 5.76. The van der Waals surface area contributed by atoms with E-state index in [1.165, 1.54) is 11.1 Å². The normalized spacial score (nSPS) is 10.1. The van der Waals surface area contributed by atoms with Crippen molar-refractivity contribution in [3.05, 3.63) is 95.0 Å². The van der Waals surface area contributed by atoms with Gasteiger partial charge in [0.25, 0.3) is 11.8 Å². The Labute approximate surface area is 243 Å². The molecule has 0 fully saturated rings. The summed E-state index contributed by atoms with van der Waals surface area (Å²) in [5.74, 6) is 2.77. The number of aromatic nitrogens is 2. The summed E-state index contributed by atoms with van der Waals surface area (Å²) in [5, 5.41) is 0. The lowest BCUT2D eigenvalue weighted by molar-refractivity contribution is -0.714. The molecule has 8 nitrogen and oxygen atoms in total. The van der Waals surface area contributed by atoms with Crippen molar-refractivity contribution in [3.8, 4) is 0 Å². The number of aryl methyl sites for hydroxylation is 4. The van der Waals surface area contributed by atoms with Gasteiger partial charge in [-0.3, -0.25) is 0 Å². The Kier molecular flexibility index (Phi) is 16.2. The van der Waals surface area contributed by atoms with Crippen LogP contribution < -0.4 is 45.4 Å². The number of benzene rings is 2. The Hall–Kier alpha value is -3.04. The van der Waals surface area contributed by atoms with E-state index in [0.717, 1.165) is 81.2 Å². The number of halogens is 2. The number of anilines is 2. The van der Waals surface area contributed by atoms with Crippen LogP contribution in [0.3, 0.4) is 0 Å². The van der Waals surface area contributed by atoms with Crippen LogP contribution >= 0.6 is 0 Å². The number of oxazole rings is 2. The minimum absolute atomic E-state index is 0. The van der Waals surface area contributed by atoms with Crippen molar-refractivity contribution in [1.82, 2.24) is 0 Å². The second-order valence-electron chi connectivity index (χ2n) is 9.20. The molecule has 0 unspecified atom stereocenters. The topological polar surface area (TPSA) is 149 Å². The van der Waals surface area contributed by atoms with E-state index in [4.69, 9.17) is 20.3 Å². The molecule has 216 valence electrons. The van der Waals surface area contributed by atoms with Crippen LogP contribution in [-0.2, 0) is 38.8 Å². The largest absolute Gasteiger partial charge is 1.00 e. The van der Waals surface area contributed by atoms with Gasteiger partial charge in [0.15, 0.2) is 13.1 Å². The van der Waals surface area contributed by atoms with E-state index in [1.54, 1.807) is 0 Å². The Morgan fingerprint density at radius 1 is 0.564 bits per heavy atom. The van der Waals surface area contributed by atoms with E-state index in [-0.39, 0.29) is 35.8 Å². The highest BCUT2D eigenvalue weighted by Crippen LogP contribution is 2.18. The van der Waals surface area contributed by atoms with Gasteiger partial charge in [-0.1, -0.05) is 60.7 Å².